The molecule has 0 atom stereocenters. The van der Waals surface area contributed by atoms with Gasteiger partial charge in [-0.2, -0.15) is 0 Å². The number of unbranched alkanes of at least 4 members (excludes halogenated alkanes) is 26. The molecule has 1 rings (SSSR count). The summed E-state index contributed by atoms with van der Waals surface area (Å²) >= 11 is 0. The fraction of sp³-hybridized carbons (Fsp3) is 0.857. The first-order valence-electron chi connectivity index (χ1n) is 20.1. The van der Waals surface area contributed by atoms with Gasteiger partial charge in [-0.1, -0.05) is 181 Å². The predicted octanol–water partition coefficient (Wildman–Crippen LogP) is 13.6. The maximum absolute atomic E-state index is 6.34. The summed E-state index contributed by atoms with van der Waals surface area (Å²) in [6, 6.07) is 6.60. The zero-order chi connectivity index (χ0) is 32.7. The van der Waals surface area contributed by atoms with Gasteiger partial charge in [-0.05, 0) is 31.0 Å². The summed E-state index contributed by atoms with van der Waals surface area (Å²) in [7, 11) is 6.74. The standard InChI is InChI=1S/C42H80NO2/c1-6-8-10-12-14-16-18-20-22-24-26-28-30-32-36-44-41-35-34-40(39-43(3,4)5)38-42(41)45-37-33-31-29-27-25-23-21-19-17-15-13-11-9-7-2/h34-35,38H,6-33,36-37,39H2,1-5H3/q+1. The van der Waals surface area contributed by atoms with E-state index in [4.69, 9.17) is 9.47 Å². The van der Waals surface area contributed by atoms with Crippen molar-refractivity contribution in [1.29, 1.82) is 0 Å². The van der Waals surface area contributed by atoms with E-state index in [1.54, 1.807) is 0 Å². The van der Waals surface area contributed by atoms with Gasteiger partial charge in [0, 0.05) is 5.56 Å². The molecule has 0 spiro atoms. The van der Waals surface area contributed by atoms with Crippen molar-refractivity contribution in [3.05, 3.63) is 23.8 Å². The van der Waals surface area contributed by atoms with E-state index in [0.717, 1.165) is 48.6 Å². The number of quaternary nitrogens is 1. The Labute approximate surface area is 283 Å². The molecule has 45 heavy (non-hydrogen) atoms. The Morgan fingerprint density at radius 3 is 1.04 bits per heavy atom. The van der Waals surface area contributed by atoms with E-state index >= 15 is 0 Å². The first-order chi connectivity index (χ1) is 22.0. The quantitative estimate of drug-likeness (QED) is 0.0557. The lowest BCUT2D eigenvalue weighted by molar-refractivity contribution is -0.884. The van der Waals surface area contributed by atoms with Gasteiger partial charge in [0.15, 0.2) is 11.5 Å². The zero-order valence-electron chi connectivity index (χ0n) is 31.4. The zero-order valence-corrected chi connectivity index (χ0v) is 31.4. The molecule has 0 fully saturated rings. The summed E-state index contributed by atoms with van der Waals surface area (Å²) in [5.74, 6) is 1.88. The fourth-order valence-corrected chi connectivity index (χ4v) is 6.39. The van der Waals surface area contributed by atoms with Crippen LogP contribution in [0.3, 0.4) is 0 Å². The third kappa shape index (κ3) is 27.6. The van der Waals surface area contributed by atoms with Crippen LogP contribution < -0.4 is 9.47 Å². The molecule has 0 N–H and O–H groups in total. The topological polar surface area (TPSA) is 18.5 Å². The molecule has 0 aliphatic heterocycles. The van der Waals surface area contributed by atoms with Gasteiger partial charge < -0.3 is 14.0 Å². The summed E-state index contributed by atoms with van der Waals surface area (Å²) < 4.78 is 13.5. The molecule has 0 aliphatic rings. The second kappa shape index (κ2) is 30.1. The second-order valence-electron chi connectivity index (χ2n) is 15.1. The van der Waals surface area contributed by atoms with Gasteiger partial charge in [0.05, 0.1) is 34.4 Å². The molecule has 0 radical (unpaired) electrons. The van der Waals surface area contributed by atoms with Crippen molar-refractivity contribution in [2.24, 2.45) is 0 Å². The van der Waals surface area contributed by atoms with Crippen LogP contribution in [-0.4, -0.2) is 38.8 Å². The number of hydrogen-bond acceptors (Lipinski definition) is 2. The number of nitrogens with zero attached hydrogens (tertiary/aromatic N) is 1. The maximum Gasteiger partial charge on any atom is 0.161 e. The van der Waals surface area contributed by atoms with Gasteiger partial charge >= 0.3 is 0 Å². The average Bonchev–Trinajstić information content (AvgIpc) is 3.01. The van der Waals surface area contributed by atoms with E-state index in [1.807, 2.05) is 0 Å². The molecule has 0 aliphatic carbocycles. The Hall–Kier alpha value is -1.22. The summed E-state index contributed by atoms with van der Waals surface area (Å²) in [4.78, 5) is 0. The van der Waals surface area contributed by atoms with E-state index in [1.165, 1.54) is 173 Å². The van der Waals surface area contributed by atoms with Crippen molar-refractivity contribution in [3.8, 4) is 11.5 Å². The Bertz CT molecular complexity index is 756. The summed E-state index contributed by atoms with van der Waals surface area (Å²) in [5.41, 5.74) is 1.32. The van der Waals surface area contributed by atoms with E-state index in [2.05, 4.69) is 53.2 Å². The molecule has 3 nitrogen and oxygen atoms in total. The molecular weight excluding hydrogens is 550 g/mol. The molecule has 3 heteroatoms. The number of hydrogen-bond donors (Lipinski definition) is 0. The highest BCUT2D eigenvalue weighted by atomic mass is 16.5. The van der Waals surface area contributed by atoms with Crippen LogP contribution in [0.25, 0.3) is 0 Å². The van der Waals surface area contributed by atoms with Crippen LogP contribution in [0.15, 0.2) is 18.2 Å². The molecule has 0 amide bonds. The summed E-state index contributed by atoms with van der Waals surface area (Å²) in [6.45, 7) is 7.18. The molecule has 0 heterocycles. The molecule has 1 aromatic rings. The Kier molecular flexibility index (Phi) is 28.0. The lowest BCUT2D eigenvalue weighted by atomic mass is 10.0. The van der Waals surface area contributed by atoms with Crippen LogP contribution in [0.2, 0.25) is 0 Å². The highest BCUT2D eigenvalue weighted by Crippen LogP contribution is 2.30. The van der Waals surface area contributed by atoms with Crippen LogP contribution in [0, 0.1) is 0 Å². The molecule has 264 valence electrons. The smallest absolute Gasteiger partial charge is 0.161 e. The first kappa shape index (κ1) is 41.8. The molecule has 0 saturated heterocycles. The third-order valence-corrected chi connectivity index (χ3v) is 9.18. The van der Waals surface area contributed by atoms with Crippen molar-refractivity contribution in [1.82, 2.24) is 0 Å². The van der Waals surface area contributed by atoms with E-state index in [-0.39, 0.29) is 0 Å². The lowest BCUT2D eigenvalue weighted by Gasteiger charge is -2.24. The number of benzene rings is 1. The van der Waals surface area contributed by atoms with Crippen LogP contribution in [0.4, 0.5) is 0 Å². The Morgan fingerprint density at radius 2 is 0.711 bits per heavy atom. The predicted molar refractivity (Wildman–Crippen MR) is 200 cm³/mol. The Balaban J connectivity index is 2.18. The summed E-state index contributed by atoms with van der Waals surface area (Å²) in [5, 5.41) is 0. The van der Waals surface area contributed by atoms with E-state index in [9.17, 15) is 0 Å². The van der Waals surface area contributed by atoms with E-state index < -0.39 is 0 Å². The van der Waals surface area contributed by atoms with E-state index in [0.29, 0.717) is 0 Å². The molecule has 0 bridgehead atoms. The lowest BCUT2D eigenvalue weighted by Crippen LogP contribution is -2.33. The van der Waals surface area contributed by atoms with Crippen molar-refractivity contribution in [2.75, 3.05) is 34.4 Å². The highest BCUT2D eigenvalue weighted by Gasteiger charge is 2.13. The Morgan fingerprint density at radius 1 is 0.400 bits per heavy atom. The SMILES string of the molecule is CCCCCCCCCCCCCCCCOc1ccc(C[N+](C)(C)C)cc1OCCCCCCCCCCCCCCCC. The largest absolute Gasteiger partial charge is 0.490 e. The third-order valence-electron chi connectivity index (χ3n) is 9.18. The van der Waals surface area contributed by atoms with Crippen LogP contribution >= 0.6 is 0 Å². The van der Waals surface area contributed by atoms with Crippen molar-refractivity contribution in [3.63, 3.8) is 0 Å². The van der Waals surface area contributed by atoms with Gasteiger partial charge in [0.1, 0.15) is 6.54 Å². The van der Waals surface area contributed by atoms with Crippen molar-refractivity contribution < 1.29 is 14.0 Å². The molecular formula is C42H80NO2+. The monoisotopic (exact) mass is 631 g/mol. The van der Waals surface area contributed by atoms with Crippen molar-refractivity contribution in [2.45, 2.75) is 200 Å². The normalized spacial score (nSPS) is 11.8. The minimum atomic E-state index is 0.793. The van der Waals surface area contributed by atoms with Gasteiger partial charge in [-0.25, -0.2) is 0 Å². The minimum absolute atomic E-state index is 0.793. The molecule has 0 unspecified atom stereocenters. The van der Waals surface area contributed by atoms with Crippen LogP contribution in [0.1, 0.15) is 199 Å². The molecule has 0 aromatic heterocycles. The van der Waals surface area contributed by atoms with Crippen LogP contribution in [-0.2, 0) is 6.54 Å². The summed E-state index contributed by atoms with van der Waals surface area (Å²) in [6.07, 6.45) is 38.8. The molecule has 0 saturated carbocycles. The van der Waals surface area contributed by atoms with Gasteiger partial charge in [0.2, 0.25) is 0 Å². The van der Waals surface area contributed by atoms with Gasteiger partial charge in [0.25, 0.3) is 0 Å². The van der Waals surface area contributed by atoms with Gasteiger partial charge in [-0.3, -0.25) is 0 Å². The molecule has 1 aromatic carbocycles. The maximum atomic E-state index is 6.34. The second-order valence-corrected chi connectivity index (χ2v) is 15.1. The van der Waals surface area contributed by atoms with Crippen molar-refractivity contribution >= 4 is 0 Å². The van der Waals surface area contributed by atoms with Crippen LogP contribution in [0.5, 0.6) is 11.5 Å². The number of rotatable bonds is 34. The first-order valence-corrected chi connectivity index (χ1v) is 20.1. The van der Waals surface area contributed by atoms with Gasteiger partial charge in [-0.15, -0.1) is 0 Å². The fourth-order valence-electron chi connectivity index (χ4n) is 6.39. The number of ether oxygens (including phenoxy) is 2. The minimum Gasteiger partial charge on any atom is -0.490 e. The highest BCUT2D eigenvalue weighted by molar-refractivity contribution is 5.42. The average molecular weight is 631 g/mol.